The summed E-state index contributed by atoms with van der Waals surface area (Å²) in [5.74, 6) is 1.26. The van der Waals surface area contributed by atoms with E-state index < -0.39 is 5.60 Å². The van der Waals surface area contributed by atoms with Crippen molar-refractivity contribution in [3.8, 4) is 0 Å². The zero-order valence-corrected chi connectivity index (χ0v) is 12.7. The number of nitrogens with two attached hydrogens (primary N) is 1. The second kappa shape index (κ2) is 6.11. The third-order valence-corrected chi connectivity index (χ3v) is 5.69. The predicted molar refractivity (Wildman–Crippen MR) is 77.9 cm³/mol. The first-order chi connectivity index (χ1) is 9.12. The molecule has 0 spiro atoms. The van der Waals surface area contributed by atoms with Crippen LogP contribution in [0, 0.1) is 17.3 Å². The minimum absolute atomic E-state index is 0.103. The first-order valence-electron chi connectivity index (χ1n) is 8.03. The molecule has 2 saturated carbocycles. The third kappa shape index (κ3) is 2.84. The van der Waals surface area contributed by atoms with E-state index in [0.717, 1.165) is 31.6 Å². The van der Waals surface area contributed by atoms with Crippen LogP contribution in [0.4, 0.5) is 0 Å². The number of methoxy groups -OCH3 is 1. The van der Waals surface area contributed by atoms with Gasteiger partial charge < -0.3 is 15.6 Å². The standard InChI is InChI=1S/C16H31NO2/c1-3-4-13-7-9-15(11-17,10-8-13)16(18,12-19-2)14-5-6-14/h13-14,18H,3-12,17H2,1-2H3. The molecule has 0 saturated heterocycles. The molecular weight excluding hydrogens is 238 g/mol. The van der Waals surface area contributed by atoms with Gasteiger partial charge in [-0.3, -0.25) is 0 Å². The SMILES string of the molecule is CCCC1CCC(CN)(C(O)(COC)C2CC2)CC1. The Morgan fingerprint density at radius 2 is 1.89 bits per heavy atom. The molecule has 3 N–H and O–H groups in total. The van der Waals surface area contributed by atoms with E-state index in [-0.39, 0.29) is 5.41 Å². The van der Waals surface area contributed by atoms with Crippen LogP contribution in [-0.2, 0) is 4.74 Å². The van der Waals surface area contributed by atoms with Gasteiger partial charge in [-0.1, -0.05) is 19.8 Å². The quantitative estimate of drug-likeness (QED) is 0.747. The first-order valence-corrected chi connectivity index (χ1v) is 8.03. The molecule has 1 atom stereocenters. The van der Waals surface area contributed by atoms with E-state index in [4.69, 9.17) is 10.5 Å². The Bertz CT molecular complexity index is 282. The summed E-state index contributed by atoms with van der Waals surface area (Å²) in [7, 11) is 1.69. The van der Waals surface area contributed by atoms with Gasteiger partial charge in [0.05, 0.1) is 12.2 Å². The zero-order chi connectivity index (χ0) is 13.9. The molecule has 0 heterocycles. The van der Waals surface area contributed by atoms with E-state index in [1.54, 1.807) is 7.11 Å². The molecule has 1 unspecified atom stereocenters. The van der Waals surface area contributed by atoms with Gasteiger partial charge in [-0.25, -0.2) is 0 Å². The van der Waals surface area contributed by atoms with Crippen LogP contribution in [0.2, 0.25) is 0 Å². The average Bonchev–Trinajstić information content (AvgIpc) is 3.25. The Morgan fingerprint density at radius 1 is 1.26 bits per heavy atom. The van der Waals surface area contributed by atoms with E-state index in [1.165, 1.54) is 25.7 Å². The molecule has 0 aromatic rings. The van der Waals surface area contributed by atoms with Gasteiger partial charge in [0.15, 0.2) is 0 Å². The molecule has 3 heteroatoms. The number of aliphatic hydroxyl groups is 1. The molecule has 2 aliphatic rings. The largest absolute Gasteiger partial charge is 0.387 e. The molecule has 0 aliphatic heterocycles. The second-order valence-corrected chi connectivity index (χ2v) is 6.85. The smallest absolute Gasteiger partial charge is 0.0975 e. The van der Waals surface area contributed by atoms with Crippen molar-refractivity contribution >= 4 is 0 Å². The van der Waals surface area contributed by atoms with Gasteiger partial charge in [-0.2, -0.15) is 0 Å². The van der Waals surface area contributed by atoms with Gasteiger partial charge in [0.25, 0.3) is 0 Å². The van der Waals surface area contributed by atoms with E-state index in [1.807, 2.05) is 0 Å². The molecule has 2 fully saturated rings. The lowest BCUT2D eigenvalue weighted by Gasteiger charge is -2.50. The highest BCUT2D eigenvalue weighted by Gasteiger charge is 2.57. The molecule has 0 radical (unpaired) electrons. The Balaban J connectivity index is 2.09. The van der Waals surface area contributed by atoms with E-state index in [0.29, 0.717) is 19.1 Å². The van der Waals surface area contributed by atoms with Gasteiger partial charge in [-0.05, 0) is 50.4 Å². The van der Waals surface area contributed by atoms with E-state index in [2.05, 4.69) is 6.92 Å². The molecule has 0 aromatic heterocycles. The van der Waals surface area contributed by atoms with Gasteiger partial charge in [0, 0.05) is 19.1 Å². The van der Waals surface area contributed by atoms with Crippen LogP contribution in [0.15, 0.2) is 0 Å². The molecule has 112 valence electrons. The van der Waals surface area contributed by atoms with Crippen molar-refractivity contribution in [3.05, 3.63) is 0 Å². The van der Waals surface area contributed by atoms with Crippen molar-refractivity contribution in [2.75, 3.05) is 20.3 Å². The minimum atomic E-state index is -0.687. The molecule has 0 bridgehead atoms. The second-order valence-electron chi connectivity index (χ2n) is 6.85. The topological polar surface area (TPSA) is 55.5 Å². The molecule has 2 rings (SSSR count). The maximum Gasteiger partial charge on any atom is 0.0975 e. The van der Waals surface area contributed by atoms with Gasteiger partial charge in [0.2, 0.25) is 0 Å². The monoisotopic (exact) mass is 269 g/mol. The molecule has 0 amide bonds. The number of hydrogen-bond donors (Lipinski definition) is 2. The van der Waals surface area contributed by atoms with Crippen molar-refractivity contribution in [3.63, 3.8) is 0 Å². The lowest BCUT2D eigenvalue weighted by atomic mass is 9.59. The lowest BCUT2D eigenvalue weighted by Crippen LogP contribution is -2.58. The van der Waals surface area contributed by atoms with Crippen molar-refractivity contribution in [2.24, 2.45) is 23.0 Å². The minimum Gasteiger partial charge on any atom is -0.387 e. The fraction of sp³-hybridized carbons (Fsp3) is 1.00. The summed E-state index contributed by atoms with van der Waals surface area (Å²) in [5, 5.41) is 11.2. The van der Waals surface area contributed by atoms with Crippen LogP contribution in [-0.4, -0.2) is 31.0 Å². The molecule has 19 heavy (non-hydrogen) atoms. The summed E-state index contributed by atoms with van der Waals surface area (Å²) in [4.78, 5) is 0. The average molecular weight is 269 g/mol. The molecule has 2 aliphatic carbocycles. The van der Waals surface area contributed by atoms with Crippen LogP contribution < -0.4 is 5.73 Å². The van der Waals surface area contributed by atoms with Gasteiger partial charge in [-0.15, -0.1) is 0 Å². The van der Waals surface area contributed by atoms with Crippen LogP contribution >= 0.6 is 0 Å². The zero-order valence-electron chi connectivity index (χ0n) is 12.7. The van der Waals surface area contributed by atoms with Crippen LogP contribution in [0.3, 0.4) is 0 Å². The Labute approximate surface area is 117 Å². The van der Waals surface area contributed by atoms with E-state index >= 15 is 0 Å². The van der Waals surface area contributed by atoms with Crippen molar-refractivity contribution < 1.29 is 9.84 Å². The third-order valence-electron chi connectivity index (χ3n) is 5.69. The summed E-state index contributed by atoms with van der Waals surface area (Å²) in [5.41, 5.74) is 5.33. The van der Waals surface area contributed by atoms with Crippen LogP contribution in [0.5, 0.6) is 0 Å². The van der Waals surface area contributed by atoms with Crippen LogP contribution in [0.25, 0.3) is 0 Å². The van der Waals surface area contributed by atoms with Crippen molar-refractivity contribution in [2.45, 2.75) is 63.9 Å². The summed E-state index contributed by atoms with van der Waals surface area (Å²) in [6, 6.07) is 0. The Morgan fingerprint density at radius 3 is 2.32 bits per heavy atom. The summed E-state index contributed by atoms with van der Waals surface area (Å²) < 4.78 is 5.36. The highest BCUT2D eigenvalue weighted by molar-refractivity contribution is 5.09. The molecular formula is C16H31NO2. The highest BCUT2D eigenvalue weighted by atomic mass is 16.5. The number of hydrogen-bond acceptors (Lipinski definition) is 3. The predicted octanol–water partition coefficient (Wildman–Crippen LogP) is 2.71. The fourth-order valence-corrected chi connectivity index (χ4v) is 4.23. The van der Waals surface area contributed by atoms with Gasteiger partial charge >= 0.3 is 0 Å². The maximum atomic E-state index is 11.2. The summed E-state index contributed by atoms with van der Waals surface area (Å²) in [6.45, 7) is 3.31. The summed E-state index contributed by atoms with van der Waals surface area (Å²) >= 11 is 0. The number of rotatable bonds is 7. The first kappa shape index (κ1) is 15.3. The maximum absolute atomic E-state index is 11.2. The summed E-state index contributed by atoms with van der Waals surface area (Å²) in [6.07, 6.45) is 9.47. The fourth-order valence-electron chi connectivity index (χ4n) is 4.23. The number of ether oxygens (including phenoxy) is 1. The highest BCUT2D eigenvalue weighted by Crippen LogP contribution is 2.55. The lowest BCUT2D eigenvalue weighted by molar-refractivity contribution is -0.154. The normalized spacial score (nSPS) is 35.1. The Kier molecular flexibility index (Phi) is 4.91. The molecule has 3 nitrogen and oxygen atoms in total. The van der Waals surface area contributed by atoms with Gasteiger partial charge in [0.1, 0.15) is 0 Å². The Hall–Kier alpha value is -0.120. The van der Waals surface area contributed by atoms with Crippen molar-refractivity contribution in [1.82, 2.24) is 0 Å². The van der Waals surface area contributed by atoms with Crippen LogP contribution in [0.1, 0.15) is 58.3 Å². The van der Waals surface area contributed by atoms with E-state index in [9.17, 15) is 5.11 Å². The van der Waals surface area contributed by atoms with Crippen molar-refractivity contribution in [1.29, 1.82) is 0 Å². The molecule has 0 aromatic carbocycles.